The fraction of sp³-hybridized carbons (Fsp3) is 0.133. The highest BCUT2D eigenvalue weighted by molar-refractivity contribution is 8.01. The van der Waals surface area contributed by atoms with Crippen LogP contribution in [0.4, 0.5) is 0 Å². The minimum atomic E-state index is -1.49. The summed E-state index contributed by atoms with van der Waals surface area (Å²) in [6.07, 6.45) is 0. The number of hydroxylamine groups is 1. The van der Waals surface area contributed by atoms with Crippen LogP contribution in [-0.4, -0.2) is 16.2 Å². The molecule has 0 aromatic heterocycles. The van der Waals surface area contributed by atoms with Gasteiger partial charge in [-0.1, -0.05) is 72.4 Å². The van der Waals surface area contributed by atoms with Gasteiger partial charge in [-0.15, -0.1) is 0 Å². The summed E-state index contributed by atoms with van der Waals surface area (Å²) in [5, 5.41) is 7.14. The maximum absolute atomic E-state index is 11.7. The molecule has 1 aliphatic rings. The van der Waals surface area contributed by atoms with Crippen molar-refractivity contribution in [2.24, 2.45) is 0 Å². The predicted octanol–water partition coefficient (Wildman–Crippen LogP) is 2.63. The van der Waals surface area contributed by atoms with Gasteiger partial charge in [-0.2, -0.15) is 9.78 Å². The van der Waals surface area contributed by atoms with Crippen LogP contribution in [0.1, 0.15) is 16.4 Å². The van der Waals surface area contributed by atoms with Crippen LogP contribution in [0.25, 0.3) is 0 Å². The van der Waals surface area contributed by atoms with E-state index in [1.807, 2.05) is 60.7 Å². The minimum Gasteiger partial charge on any atom is -0.288 e. The van der Waals surface area contributed by atoms with E-state index in [2.05, 4.69) is 0 Å². The Hall–Kier alpha value is -1.86. The van der Waals surface area contributed by atoms with E-state index in [9.17, 15) is 4.79 Å². The largest absolute Gasteiger partial charge is 0.359 e. The monoisotopic (exact) mass is 303 g/mol. The molecule has 2 aromatic rings. The summed E-state index contributed by atoms with van der Waals surface area (Å²) in [4.78, 5) is 21.3. The molecule has 1 aliphatic heterocycles. The lowest BCUT2D eigenvalue weighted by Crippen LogP contribution is -2.33. The van der Waals surface area contributed by atoms with Crippen LogP contribution in [-0.2, 0) is 14.6 Å². The molecule has 6 heteroatoms. The van der Waals surface area contributed by atoms with Crippen molar-refractivity contribution in [1.82, 2.24) is 5.48 Å². The molecule has 3 rings (SSSR count). The molecule has 0 unspecified atom stereocenters. The highest BCUT2D eigenvalue weighted by Crippen LogP contribution is 2.51. The highest BCUT2D eigenvalue weighted by Gasteiger charge is 2.59. The first kappa shape index (κ1) is 14.1. The Balaban J connectivity index is 1.93. The van der Waals surface area contributed by atoms with Crippen LogP contribution < -0.4 is 5.48 Å². The number of amides is 1. The average Bonchev–Trinajstić information content (AvgIpc) is 3.34. The third-order valence-corrected chi connectivity index (χ3v) is 4.50. The fourth-order valence-electron chi connectivity index (χ4n) is 2.01. The first-order chi connectivity index (χ1) is 10.2. The van der Waals surface area contributed by atoms with Gasteiger partial charge in [0.2, 0.25) is 0 Å². The number of thioether (sulfide) groups is 1. The maximum atomic E-state index is 11.7. The Morgan fingerprint density at radius 2 is 1.48 bits per heavy atom. The third kappa shape index (κ3) is 2.93. The second-order valence-electron chi connectivity index (χ2n) is 4.48. The van der Waals surface area contributed by atoms with E-state index >= 15 is 0 Å². The molecule has 0 saturated carbocycles. The van der Waals surface area contributed by atoms with Crippen LogP contribution in [0, 0.1) is 0 Å². The minimum absolute atomic E-state index is 0.160. The summed E-state index contributed by atoms with van der Waals surface area (Å²) in [5.74, 6) is -0.732. The molecule has 1 saturated heterocycles. The van der Waals surface area contributed by atoms with Gasteiger partial charge in [0.15, 0.2) is 0 Å². The topological polar surface area (TPSA) is 74.4 Å². The molecule has 0 spiro atoms. The summed E-state index contributed by atoms with van der Waals surface area (Å²) in [6, 6.07) is 19.5. The van der Waals surface area contributed by atoms with Gasteiger partial charge in [0, 0.05) is 0 Å². The van der Waals surface area contributed by atoms with Crippen molar-refractivity contribution < 1.29 is 19.8 Å². The molecular weight excluding hydrogens is 290 g/mol. The smallest absolute Gasteiger partial charge is 0.288 e. The molecule has 2 N–H and O–H groups in total. The summed E-state index contributed by atoms with van der Waals surface area (Å²) in [6.45, 7) is 0. The number of benzene rings is 2. The molecule has 1 amide bonds. The van der Waals surface area contributed by atoms with E-state index in [4.69, 9.17) is 15.0 Å². The van der Waals surface area contributed by atoms with Crippen LogP contribution in [0.5, 0.6) is 0 Å². The van der Waals surface area contributed by atoms with Gasteiger partial charge in [0.05, 0.1) is 5.25 Å². The summed E-state index contributed by atoms with van der Waals surface area (Å²) in [5.41, 5.74) is 3.59. The summed E-state index contributed by atoms with van der Waals surface area (Å²) < 4.78 is 0. The number of hydrogen-bond donors (Lipinski definition) is 2. The van der Waals surface area contributed by atoms with Crippen LogP contribution in [0.15, 0.2) is 60.7 Å². The molecule has 2 aromatic carbocycles. The van der Waals surface area contributed by atoms with Crippen molar-refractivity contribution in [3.63, 3.8) is 0 Å². The number of carbonyl (C=O) groups excluding carboxylic acids is 1. The first-order valence-corrected chi connectivity index (χ1v) is 7.22. The third-order valence-electron chi connectivity index (χ3n) is 3.09. The van der Waals surface area contributed by atoms with Crippen molar-refractivity contribution in [2.75, 3.05) is 0 Å². The van der Waals surface area contributed by atoms with Gasteiger partial charge in [0.1, 0.15) is 0 Å². The van der Waals surface area contributed by atoms with E-state index < -0.39 is 11.0 Å². The van der Waals surface area contributed by atoms with Gasteiger partial charge >= 0.3 is 11.0 Å². The summed E-state index contributed by atoms with van der Waals surface area (Å²) >= 11 is 1.18. The Labute approximate surface area is 125 Å². The van der Waals surface area contributed by atoms with Crippen LogP contribution in [0.2, 0.25) is 0 Å². The van der Waals surface area contributed by atoms with Gasteiger partial charge < -0.3 is 0 Å². The molecule has 21 heavy (non-hydrogen) atoms. The van der Waals surface area contributed by atoms with Gasteiger partial charge in [0.25, 0.3) is 0 Å². The zero-order valence-corrected chi connectivity index (χ0v) is 11.7. The van der Waals surface area contributed by atoms with Crippen LogP contribution >= 0.6 is 11.8 Å². The fourth-order valence-corrected chi connectivity index (χ4v) is 3.18. The predicted molar refractivity (Wildman–Crippen MR) is 77.1 cm³/mol. The van der Waals surface area contributed by atoms with Crippen molar-refractivity contribution in [2.45, 2.75) is 10.4 Å². The van der Waals surface area contributed by atoms with Crippen molar-refractivity contribution in [3.05, 3.63) is 71.8 Å². The summed E-state index contributed by atoms with van der Waals surface area (Å²) in [7, 11) is 0. The van der Waals surface area contributed by atoms with Gasteiger partial charge in [-0.3, -0.25) is 10.0 Å². The lowest BCUT2D eigenvalue weighted by atomic mass is 10.0. The van der Waals surface area contributed by atoms with Crippen molar-refractivity contribution >= 4 is 17.7 Å². The number of nitrogens with one attached hydrogen (secondary N) is 1. The van der Waals surface area contributed by atoms with Crippen LogP contribution in [0.3, 0.4) is 0 Å². The zero-order valence-electron chi connectivity index (χ0n) is 10.9. The van der Waals surface area contributed by atoms with E-state index in [-0.39, 0.29) is 5.25 Å². The highest BCUT2D eigenvalue weighted by atomic mass is 32.2. The number of hydrogen-bond acceptors (Lipinski definition) is 5. The molecule has 5 nitrogen and oxygen atoms in total. The molecule has 0 bridgehead atoms. The standard InChI is InChI=1S/C15H13NO4S/c17-14(16-18)15(19-20-15)21-13(11-7-3-1-4-8-11)12-9-5-2-6-10-12/h1-10,13,18H,(H,16,17). The Bertz CT molecular complexity index is 577. The molecule has 1 heterocycles. The lowest BCUT2D eigenvalue weighted by Gasteiger charge is -2.18. The number of carbonyl (C=O) groups is 1. The van der Waals surface area contributed by atoms with Crippen molar-refractivity contribution in [3.8, 4) is 0 Å². The van der Waals surface area contributed by atoms with E-state index in [0.29, 0.717) is 0 Å². The van der Waals surface area contributed by atoms with Crippen molar-refractivity contribution in [1.29, 1.82) is 0 Å². The average molecular weight is 303 g/mol. The normalized spacial score (nSPS) is 15.7. The molecular formula is C15H13NO4S. The molecule has 1 fully saturated rings. The van der Waals surface area contributed by atoms with E-state index in [0.717, 1.165) is 11.1 Å². The second kappa shape index (κ2) is 5.87. The first-order valence-electron chi connectivity index (χ1n) is 6.34. The molecule has 0 radical (unpaired) electrons. The molecule has 0 aliphatic carbocycles. The zero-order chi connectivity index (χ0) is 14.7. The van der Waals surface area contributed by atoms with E-state index in [1.54, 1.807) is 5.48 Å². The SMILES string of the molecule is O=C(NO)C1(SC(c2ccccc2)c2ccccc2)OO1. The molecule has 108 valence electrons. The Morgan fingerprint density at radius 1 is 1.00 bits per heavy atom. The molecule has 0 atom stereocenters. The van der Waals surface area contributed by atoms with E-state index in [1.165, 1.54) is 11.8 Å². The second-order valence-corrected chi connectivity index (χ2v) is 5.73. The maximum Gasteiger partial charge on any atom is 0.359 e. The quantitative estimate of drug-likeness (QED) is 0.384. The Kier molecular flexibility index (Phi) is 3.94. The number of rotatable bonds is 5. The Morgan fingerprint density at radius 3 is 1.86 bits per heavy atom. The lowest BCUT2D eigenvalue weighted by molar-refractivity contribution is -0.132. The van der Waals surface area contributed by atoms with Gasteiger partial charge in [-0.25, -0.2) is 5.48 Å². The van der Waals surface area contributed by atoms with Gasteiger partial charge in [-0.05, 0) is 11.1 Å².